The molecular weight excluding hydrogens is 408 g/mol. The minimum Gasteiger partial charge on any atom is -0.460 e. The van der Waals surface area contributed by atoms with Gasteiger partial charge in [-0.15, -0.1) is 0 Å². The number of aliphatic hydroxyl groups excluding tert-OH is 2. The lowest BCUT2D eigenvalue weighted by Crippen LogP contribution is -2.22. The van der Waals surface area contributed by atoms with Crippen LogP contribution in [0.3, 0.4) is 0 Å². The average molecular weight is 459 g/mol. The van der Waals surface area contributed by atoms with Crippen LogP contribution in [-0.2, 0) is 19.1 Å². The SMILES string of the molecule is CCCCCCCCC(CO)OC(=O)CCCCC(=O)OC(CO)CCCCCCCC. The lowest BCUT2D eigenvalue weighted by atomic mass is 10.1. The van der Waals surface area contributed by atoms with Crippen molar-refractivity contribution in [2.75, 3.05) is 13.2 Å². The van der Waals surface area contributed by atoms with Gasteiger partial charge in [0.05, 0.1) is 13.2 Å². The molecule has 0 aromatic heterocycles. The second-order valence-corrected chi connectivity index (χ2v) is 8.91. The van der Waals surface area contributed by atoms with Crippen molar-refractivity contribution in [1.29, 1.82) is 0 Å². The van der Waals surface area contributed by atoms with E-state index >= 15 is 0 Å². The first-order valence-corrected chi connectivity index (χ1v) is 13.2. The Balaban J connectivity index is 3.82. The Hall–Kier alpha value is -1.14. The molecule has 0 rings (SSSR count). The number of hydrogen-bond donors (Lipinski definition) is 2. The van der Waals surface area contributed by atoms with Crippen LogP contribution in [0, 0.1) is 0 Å². The van der Waals surface area contributed by atoms with Crippen LogP contribution in [0.1, 0.15) is 129 Å². The molecule has 0 aromatic rings. The van der Waals surface area contributed by atoms with E-state index in [1.54, 1.807) is 0 Å². The Morgan fingerprint density at radius 3 is 1.25 bits per heavy atom. The molecule has 0 aliphatic heterocycles. The molecule has 0 aromatic carbocycles. The van der Waals surface area contributed by atoms with Crippen LogP contribution in [0.15, 0.2) is 0 Å². The van der Waals surface area contributed by atoms with Crippen molar-refractivity contribution in [3.63, 3.8) is 0 Å². The minimum atomic E-state index is -0.425. The highest BCUT2D eigenvalue weighted by Crippen LogP contribution is 2.13. The van der Waals surface area contributed by atoms with Gasteiger partial charge in [0, 0.05) is 12.8 Å². The molecule has 2 N–H and O–H groups in total. The highest BCUT2D eigenvalue weighted by molar-refractivity contribution is 5.70. The lowest BCUT2D eigenvalue weighted by Gasteiger charge is -2.16. The molecule has 0 saturated carbocycles. The smallest absolute Gasteiger partial charge is 0.306 e. The largest absolute Gasteiger partial charge is 0.460 e. The van der Waals surface area contributed by atoms with E-state index < -0.39 is 12.2 Å². The summed E-state index contributed by atoms with van der Waals surface area (Å²) in [7, 11) is 0. The molecule has 2 unspecified atom stereocenters. The fraction of sp³-hybridized carbons (Fsp3) is 0.923. The third-order valence-electron chi connectivity index (χ3n) is 5.77. The van der Waals surface area contributed by atoms with Gasteiger partial charge in [-0.05, 0) is 38.5 Å². The summed E-state index contributed by atoms with van der Waals surface area (Å²) in [5, 5.41) is 18.8. The van der Waals surface area contributed by atoms with Gasteiger partial charge in [-0.25, -0.2) is 0 Å². The summed E-state index contributed by atoms with van der Waals surface area (Å²) < 4.78 is 10.7. The second-order valence-electron chi connectivity index (χ2n) is 8.91. The van der Waals surface area contributed by atoms with Crippen molar-refractivity contribution in [3.05, 3.63) is 0 Å². The van der Waals surface area contributed by atoms with Crippen molar-refractivity contribution >= 4 is 11.9 Å². The zero-order valence-electron chi connectivity index (χ0n) is 20.8. The maximum atomic E-state index is 12.0. The monoisotopic (exact) mass is 458 g/mol. The van der Waals surface area contributed by atoms with Crippen LogP contribution in [0.5, 0.6) is 0 Å². The number of unbranched alkanes of at least 4 members (excludes halogenated alkanes) is 11. The Morgan fingerprint density at radius 1 is 0.562 bits per heavy atom. The van der Waals surface area contributed by atoms with E-state index in [-0.39, 0.29) is 38.0 Å². The number of hydrogen-bond acceptors (Lipinski definition) is 6. The molecule has 190 valence electrons. The Labute approximate surface area is 196 Å². The molecule has 6 nitrogen and oxygen atoms in total. The first-order valence-electron chi connectivity index (χ1n) is 13.2. The number of carbonyl (C=O) groups is 2. The third-order valence-corrected chi connectivity index (χ3v) is 5.77. The zero-order chi connectivity index (χ0) is 23.9. The quantitative estimate of drug-likeness (QED) is 0.147. The van der Waals surface area contributed by atoms with Crippen molar-refractivity contribution in [1.82, 2.24) is 0 Å². The lowest BCUT2D eigenvalue weighted by molar-refractivity contribution is -0.153. The van der Waals surface area contributed by atoms with Crippen LogP contribution in [0.4, 0.5) is 0 Å². The van der Waals surface area contributed by atoms with Crippen molar-refractivity contribution in [2.24, 2.45) is 0 Å². The van der Waals surface area contributed by atoms with Gasteiger partial charge in [0.2, 0.25) is 0 Å². The number of esters is 2. The minimum absolute atomic E-state index is 0.145. The summed E-state index contributed by atoms with van der Waals surface area (Å²) in [6.07, 6.45) is 16.0. The number of ether oxygens (including phenoxy) is 2. The zero-order valence-corrected chi connectivity index (χ0v) is 20.8. The normalized spacial score (nSPS) is 13.0. The molecule has 6 heteroatoms. The molecule has 0 fully saturated rings. The molecular formula is C26H50O6. The fourth-order valence-electron chi connectivity index (χ4n) is 3.71. The van der Waals surface area contributed by atoms with Crippen molar-refractivity contribution in [3.8, 4) is 0 Å². The van der Waals surface area contributed by atoms with E-state index in [4.69, 9.17) is 9.47 Å². The first kappa shape index (κ1) is 30.9. The van der Waals surface area contributed by atoms with Crippen LogP contribution < -0.4 is 0 Å². The molecule has 0 radical (unpaired) electrons. The van der Waals surface area contributed by atoms with E-state index in [2.05, 4.69) is 13.8 Å². The Bertz CT molecular complexity index is 400. The first-order chi connectivity index (χ1) is 15.6. The van der Waals surface area contributed by atoms with Gasteiger partial charge in [0.1, 0.15) is 12.2 Å². The fourth-order valence-corrected chi connectivity index (χ4v) is 3.71. The molecule has 32 heavy (non-hydrogen) atoms. The number of carbonyl (C=O) groups excluding carboxylic acids is 2. The van der Waals surface area contributed by atoms with E-state index in [1.807, 2.05) is 0 Å². The molecule has 0 saturated heterocycles. The van der Waals surface area contributed by atoms with Crippen LogP contribution in [0.25, 0.3) is 0 Å². The van der Waals surface area contributed by atoms with E-state index in [0.717, 1.165) is 25.7 Å². The number of rotatable bonds is 23. The molecule has 0 spiro atoms. The molecule has 0 aliphatic carbocycles. The summed E-state index contributed by atoms with van der Waals surface area (Å²) in [6.45, 7) is 4.09. The van der Waals surface area contributed by atoms with E-state index in [0.29, 0.717) is 25.7 Å². The third kappa shape index (κ3) is 19.5. The summed E-state index contributed by atoms with van der Waals surface area (Å²) in [5.74, 6) is -0.639. The van der Waals surface area contributed by atoms with Crippen molar-refractivity contribution < 1.29 is 29.3 Å². The van der Waals surface area contributed by atoms with Crippen LogP contribution in [0.2, 0.25) is 0 Å². The van der Waals surface area contributed by atoms with E-state index in [9.17, 15) is 19.8 Å². The summed E-state index contributed by atoms with van der Waals surface area (Å²) in [4.78, 5) is 24.0. The van der Waals surface area contributed by atoms with Crippen molar-refractivity contribution in [2.45, 2.75) is 142 Å². The predicted molar refractivity (Wildman–Crippen MR) is 128 cm³/mol. The molecule has 2 atom stereocenters. The highest BCUT2D eigenvalue weighted by Gasteiger charge is 2.15. The second kappa shape index (κ2) is 23.0. The molecule has 0 heterocycles. The summed E-state index contributed by atoms with van der Waals surface area (Å²) in [5.41, 5.74) is 0. The van der Waals surface area contributed by atoms with Crippen LogP contribution in [-0.4, -0.2) is 47.6 Å². The molecule has 0 aliphatic rings. The van der Waals surface area contributed by atoms with Gasteiger partial charge < -0.3 is 19.7 Å². The Morgan fingerprint density at radius 2 is 0.906 bits per heavy atom. The van der Waals surface area contributed by atoms with Gasteiger partial charge in [-0.2, -0.15) is 0 Å². The Kier molecular flexibility index (Phi) is 22.2. The van der Waals surface area contributed by atoms with Gasteiger partial charge >= 0.3 is 11.9 Å². The standard InChI is InChI=1S/C26H50O6/c1-3-5-7-9-11-13-17-23(21-27)31-25(29)19-15-16-20-26(30)32-24(22-28)18-14-12-10-8-6-4-2/h23-24,27-28H,3-22H2,1-2H3. The maximum absolute atomic E-state index is 12.0. The summed E-state index contributed by atoms with van der Waals surface area (Å²) >= 11 is 0. The molecule has 0 amide bonds. The van der Waals surface area contributed by atoms with Crippen LogP contribution >= 0.6 is 0 Å². The van der Waals surface area contributed by atoms with Gasteiger partial charge in [-0.3, -0.25) is 9.59 Å². The maximum Gasteiger partial charge on any atom is 0.306 e. The predicted octanol–water partition coefficient (Wildman–Crippen LogP) is 5.86. The topological polar surface area (TPSA) is 93.1 Å². The van der Waals surface area contributed by atoms with E-state index in [1.165, 1.54) is 51.4 Å². The number of aliphatic hydroxyl groups is 2. The van der Waals surface area contributed by atoms with Gasteiger partial charge in [-0.1, -0.05) is 78.1 Å². The van der Waals surface area contributed by atoms with Gasteiger partial charge in [0.15, 0.2) is 0 Å². The highest BCUT2D eigenvalue weighted by atomic mass is 16.6. The molecule has 0 bridgehead atoms. The average Bonchev–Trinajstić information content (AvgIpc) is 2.79. The van der Waals surface area contributed by atoms with Gasteiger partial charge in [0.25, 0.3) is 0 Å². The summed E-state index contributed by atoms with van der Waals surface area (Å²) in [6, 6.07) is 0.